The number of hydrogen-bond donors (Lipinski definition) is 1. The molecule has 20 heavy (non-hydrogen) atoms. The molecule has 0 bridgehead atoms. The van der Waals surface area contributed by atoms with Gasteiger partial charge in [-0.1, -0.05) is 37.6 Å². The maximum atomic E-state index is 4.57. The van der Waals surface area contributed by atoms with Crippen molar-refractivity contribution in [1.29, 1.82) is 0 Å². The molecule has 1 aliphatic rings. The number of nitrogens with zero attached hydrogens (tertiary/aromatic N) is 2. The van der Waals surface area contributed by atoms with Crippen LogP contribution in [0.3, 0.4) is 0 Å². The van der Waals surface area contributed by atoms with E-state index in [0.717, 1.165) is 25.4 Å². The van der Waals surface area contributed by atoms with Crippen molar-refractivity contribution in [3.8, 4) is 11.1 Å². The fraction of sp³-hybridized carbons (Fsp3) is 0.471. The van der Waals surface area contributed by atoms with Crippen LogP contribution in [-0.4, -0.2) is 15.8 Å². The summed E-state index contributed by atoms with van der Waals surface area (Å²) in [5, 5.41) is 8.12. The van der Waals surface area contributed by atoms with Gasteiger partial charge in [-0.05, 0) is 30.4 Å². The fourth-order valence-corrected chi connectivity index (χ4v) is 2.55. The Balaban J connectivity index is 1.75. The normalized spacial score (nSPS) is 14.7. The lowest BCUT2D eigenvalue weighted by atomic mass is 10.0. The molecule has 1 heterocycles. The summed E-state index contributed by atoms with van der Waals surface area (Å²) in [5.41, 5.74) is 5.12. The van der Waals surface area contributed by atoms with Crippen molar-refractivity contribution in [1.82, 2.24) is 15.1 Å². The van der Waals surface area contributed by atoms with E-state index < -0.39 is 0 Å². The van der Waals surface area contributed by atoms with Crippen LogP contribution < -0.4 is 5.32 Å². The van der Waals surface area contributed by atoms with Gasteiger partial charge in [0.15, 0.2) is 0 Å². The highest BCUT2D eigenvalue weighted by Gasteiger charge is 2.19. The molecule has 0 amide bonds. The molecule has 3 heteroatoms. The highest BCUT2D eigenvalue weighted by Crippen LogP contribution is 2.25. The Kier molecular flexibility index (Phi) is 3.88. The number of aromatic nitrogens is 2. The van der Waals surface area contributed by atoms with Crippen LogP contribution in [0, 0.1) is 0 Å². The van der Waals surface area contributed by atoms with E-state index in [2.05, 4.69) is 47.8 Å². The zero-order chi connectivity index (χ0) is 13.9. The summed E-state index contributed by atoms with van der Waals surface area (Å²) in [6.07, 6.45) is 6.99. The Morgan fingerprint density at radius 1 is 1.25 bits per heavy atom. The monoisotopic (exact) mass is 269 g/mol. The first kappa shape index (κ1) is 13.4. The Morgan fingerprint density at radius 3 is 2.65 bits per heavy atom. The van der Waals surface area contributed by atoms with Gasteiger partial charge in [-0.2, -0.15) is 5.10 Å². The van der Waals surface area contributed by atoms with Gasteiger partial charge >= 0.3 is 0 Å². The average molecular weight is 269 g/mol. The zero-order valence-corrected chi connectivity index (χ0v) is 12.4. The third kappa shape index (κ3) is 3.10. The summed E-state index contributed by atoms with van der Waals surface area (Å²) in [6.45, 7) is 3.19. The van der Waals surface area contributed by atoms with Gasteiger partial charge in [-0.15, -0.1) is 0 Å². The molecule has 3 rings (SSSR count). The standard InChI is InChI=1S/C17H23N3/c1-3-4-17-16(12-20(2)19-17)14-7-5-13(6-8-14)11-18-15-9-10-15/h5-8,12,15,18H,3-4,9-11H2,1-2H3. The van der Waals surface area contributed by atoms with Crippen molar-refractivity contribution in [3.63, 3.8) is 0 Å². The van der Waals surface area contributed by atoms with Crippen LogP contribution in [0.2, 0.25) is 0 Å². The quantitative estimate of drug-likeness (QED) is 0.872. The van der Waals surface area contributed by atoms with Crippen LogP contribution in [0.15, 0.2) is 30.5 Å². The molecule has 0 atom stereocenters. The minimum absolute atomic E-state index is 0.768. The molecule has 1 N–H and O–H groups in total. The van der Waals surface area contributed by atoms with Crippen molar-refractivity contribution >= 4 is 0 Å². The smallest absolute Gasteiger partial charge is 0.0702 e. The van der Waals surface area contributed by atoms with Gasteiger partial charge in [0.25, 0.3) is 0 Å². The van der Waals surface area contributed by atoms with Crippen LogP contribution in [-0.2, 0) is 20.0 Å². The van der Waals surface area contributed by atoms with Crippen LogP contribution >= 0.6 is 0 Å². The van der Waals surface area contributed by atoms with Gasteiger partial charge in [0.05, 0.1) is 5.69 Å². The van der Waals surface area contributed by atoms with Gasteiger partial charge in [0.2, 0.25) is 0 Å². The fourth-order valence-electron chi connectivity index (χ4n) is 2.55. The van der Waals surface area contributed by atoms with Crippen molar-refractivity contribution in [2.45, 2.75) is 45.2 Å². The lowest BCUT2D eigenvalue weighted by Gasteiger charge is -2.05. The predicted octanol–water partition coefficient (Wildman–Crippen LogP) is 3.29. The van der Waals surface area contributed by atoms with Crippen LogP contribution in [0.5, 0.6) is 0 Å². The molecule has 2 aromatic rings. The summed E-state index contributed by atoms with van der Waals surface area (Å²) in [7, 11) is 2.00. The second kappa shape index (κ2) is 5.80. The Bertz CT molecular complexity index is 564. The number of benzene rings is 1. The number of rotatable bonds is 6. The summed E-state index contributed by atoms with van der Waals surface area (Å²) in [5.74, 6) is 0. The number of hydrogen-bond acceptors (Lipinski definition) is 2. The van der Waals surface area contributed by atoms with E-state index in [1.54, 1.807) is 0 Å². The van der Waals surface area contributed by atoms with Crippen LogP contribution in [0.4, 0.5) is 0 Å². The van der Waals surface area contributed by atoms with E-state index in [4.69, 9.17) is 0 Å². The second-order valence-electron chi connectivity index (χ2n) is 5.77. The van der Waals surface area contributed by atoms with Crippen LogP contribution in [0.25, 0.3) is 11.1 Å². The molecule has 0 unspecified atom stereocenters. The molecule has 0 spiro atoms. The van der Waals surface area contributed by atoms with Gasteiger partial charge in [-0.25, -0.2) is 0 Å². The Hall–Kier alpha value is -1.61. The maximum absolute atomic E-state index is 4.57. The van der Waals surface area contributed by atoms with Gasteiger partial charge in [-0.3, -0.25) is 4.68 Å². The molecule has 1 aliphatic carbocycles. The SMILES string of the molecule is CCCc1nn(C)cc1-c1ccc(CNC2CC2)cc1. The van der Waals surface area contributed by atoms with E-state index in [0.29, 0.717) is 0 Å². The molecule has 3 nitrogen and oxygen atoms in total. The summed E-state index contributed by atoms with van der Waals surface area (Å²) in [4.78, 5) is 0. The van der Waals surface area contributed by atoms with Gasteiger partial charge < -0.3 is 5.32 Å². The molecular weight excluding hydrogens is 246 g/mol. The number of aryl methyl sites for hydroxylation is 2. The minimum Gasteiger partial charge on any atom is -0.310 e. The summed E-state index contributed by atoms with van der Waals surface area (Å²) in [6, 6.07) is 9.67. The van der Waals surface area contributed by atoms with Crippen molar-refractivity contribution in [2.75, 3.05) is 0 Å². The van der Waals surface area contributed by atoms with Crippen molar-refractivity contribution in [2.24, 2.45) is 7.05 Å². The zero-order valence-electron chi connectivity index (χ0n) is 12.4. The topological polar surface area (TPSA) is 29.9 Å². The lowest BCUT2D eigenvalue weighted by molar-refractivity contribution is 0.688. The molecule has 1 saturated carbocycles. The highest BCUT2D eigenvalue weighted by atomic mass is 15.2. The third-order valence-electron chi connectivity index (χ3n) is 3.83. The van der Waals surface area contributed by atoms with E-state index >= 15 is 0 Å². The molecule has 106 valence electrons. The lowest BCUT2D eigenvalue weighted by Crippen LogP contribution is -2.14. The van der Waals surface area contributed by atoms with E-state index in [9.17, 15) is 0 Å². The molecule has 1 fully saturated rings. The van der Waals surface area contributed by atoms with Crippen LogP contribution in [0.1, 0.15) is 37.4 Å². The minimum atomic E-state index is 0.768. The van der Waals surface area contributed by atoms with Crippen molar-refractivity contribution in [3.05, 3.63) is 41.7 Å². The second-order valence-corrected chi connectivity index (χ2v) is 5.77. The molecular formula is C17H23N3. The largest absolute Gasteiger partial charge is 0.310 e. The molecule has 1 aromatic heterocycles. The van der Waals surface area contributed by atoms with Gasteiger partial charge in [0.1, 0.15) is 0 Å². The van der Waals surface area contributed by atoms with E-state index in [-0.39, 0.29) is 0 Å². The molecule has 0 radical (unpaired) electrons. The first-order chi connectivity index (χ1) is 9.76. The first-order valence-electron chi connectivity index (χ1n) is 7.61. The highest BCUT2D eigenvalue weighted by molar-refractivity contribution is 5.65. The first-order valence-corrected chi connectivity index (χ1v) is 7.61. The average Bonchev–Trinajstić information content (AvgIpc) is 3.21. The Labute approximate surface area is 121 Å². The molecule has 0 aliphatic heterocycles. The van der Waals surface area contributed by atoms with Crippen molar-refractivity contribution < 1.29 is 0 Å². The van der Waals surface area contributed by atoms with Gasteiger partial charge in [0, 0.05) is 31.4 Å². The summed E-state index contributed by atoms with van der Waals surface area (Å²) >= 11 is 0. The molecule has 1 aromatic carbocycles. The van der Waals surface area contributed by atoms with E-state index in [1.165, 1.54) is 35.2 Å². The maximum Gasteiger partial charge on any atom is 0.0702 e. The third-order valence-corrected chi connectivity index (χ3v) is 3.83. The Morgan fingerprint density at radius 2 is 2.00 bits per heavy atom. The predicted molar refractivity (Wildman–Crippen MR) is 82.5 cm³/mol. The van der Waals surface area contributed by atoms with E-state index in [1.807, 2.05) is 11.7 Å². The molecule has 0 saturated heterocycles. The summed E-state index contributed by atoms with van der Waals surface area (Å²) < 4.78 is 1.92. The number of nitrogens with one attached hydrogen (secondary N) is 1.